The topological polar surface area (TPSA) is 60.9 Å². The Bertz CT molecular complexity index is 252. The predicted octanol–water partition coefficient (Wildman–Crippen LogP) is -0.378. The first-order valence-electron chi connectivity index (χ1n) is 4.66. The van der Waals surface area contributed by atoms with Crippen molar-refractivity contribution in [3.05, 3.63) is 0 Å². The van der Waals surface area contributed by atoms with Crippen molar-refractivity contribution in [2.24, 2.45) is 0 Å². The third-order valence-corrected chi connectivity index (χ3v) is 2.54. The minimum atomic E-state index is -0.863. The molecule has 0 aromatic heterocycles. The van der Waals surface area contributed by atoms with E-state index in [2.05, 4.69) is 0 Å². The van der Waals surface area contributed by atoms with Crippen molar-refractivity contribution in [3.8, 4) is 0 Å². The summed E-state index contributed by atoms with van der Waals surface area (Å²) in [6.45, 7) is 4.26. The van der Waals surface area contributed by atoms with Gasteiger partial charge in [0.1, 0.15) is 6.04 Å². The molecule has 1 amide bonds. The Kier molecular flexibility index (Phi) is 3.10. The molecule has 1 N–H and O–H groups in total. The molecule has 5 heteroatoms. The van der Waals surface area contributed by atoms with E-state index in [0.717, 1.165) is 0 Å². The first-order valence-corrected chi connectivity index (χ1v) is 4.66. The van der Waals surface area contributed by atoms with Crippen LogP contribution in [0.5, 0.6) is 0 Å². The number of carbonyl (C=O) groups excluding carboxylic acids is 1. The van der Waals surface area contributed by atoms with Crippen LogP contribution in [0.2, 0.25) is 0 Å². The van der Waals surface area contributed by atoms with E-state index in [1.54, 1.807) is 11.9 Å². The molecule has 14 heavy (non-hydrogen) atoms. The Balaban J connectivity index is 2.80. The summed E-state index contributed by atoms with van der Waals surface area (Å²) in [5.41, 5.74) is 0. The maximum Gasteiger partial charge on any atom is 0.322 e. The summed E-state index contributed by atoms with van der Waals surface area (Å²) >= 11 is 0. The third-order valence-electron chi connectivity index (χ3n) is 2.54. The Hall–Kier alpha value is -1.10. The van der Waals surface area contributed by atoms with E-state index < -0.39 is 12.0 Å². The summed E-state index contributed by atoms with van der Waals surface area (Å²) in [4.78, 5) is 25.5. The van der Waals surface area contributed by atoms with Crippen LogP contribution in [0.3, 0.4) is 0 Å². The van der Waals surface area contributed by atoms with Crippen molar-refractivity contribution in [2.75, 3.05) is 20.1 Å². The number of hydrogen-bond acceptors (Lipinski definition) is 3. The zero-order valence-electron chi connectivity index (χ0n) is 8.73. The van der Waals surface area contributed by atoms with Gasteiger partial charge in [-0.15, -0.1) is 0 Å². The van der Waals surface area contributed by atoms with Gasteiger partial charge in [0.05, 0.1) is 6.54 Å². The molecule has 1 aliphatic heterocycles. The van der Waals surface area contributed by atoms with Gasteiger partial charge in [0.2, 0.25) is 5.91 Å². The van der Waals surface area contributed by atoms with Crippen LogP contribution in [0.4, 0.5) is 0 Å². The Labute approximate surface area is 83.3 Å². The monoisotopic (exact) mass is 200 g/mol. The molecule has 0 bridgehead atoms. The highest BCUT2D eigenvalue weighted by atomic mass is 16.4. The molecule has 5 nitrogen and oxygen atoms in total. The lowest BCUT2D eigenvalue weighted by molar-refractivity contribution is -0.152. The van der Waals surface area contributed by atoms with Crippen LogP contribution in [0.15, 0.2) is 0 Å². The molecule has 1 unspecified atom stereocenters. The van der Waals surface area contributed by atoms with Crippen LogP contribution < -0.4 is 0 Å². The zero-order chi connectivity index (χ0) is 10.9. The molecule has 80 valence electrons. The van der Waals surface area contributed by atoms with E-state index in [1.807, 2.05) is 13.8 Å². The average molecular weight is 200 g/mol. The molecule has 1 saturated heterocycles. The van der Waals surface area contributed by atoms with Gasteiger partial charge in [-0.25, -0.2) is 0 Å². The summed E-state index contributed by atoms with van der Waals surface area (Å²) in [5, 5.41) is 8.98. The van der Waals surface area contributed by atoms with E-state index in [4.69, 9.17) is 5.11 Å². The highest BCUT2D eigenvalue weighted by molar-refractivity contribution is 5.83. The van der Waals surface area contributed by atoms with Crippen molar-refractivity contribution in [1.29, 1.82) is 0 Å². The number of carbonyl (C=O) groups is 2. The van der Waals surface area contributed by atoms with Crippen LogP contribution in [-0.4, -0.2) is 59.0 Å². The van der Waals surface area contributed by atoms with Crippen LogP contribution in [0.1, 0.15) is 13.8 Å². The van der Waals surface area contributed by atoms with Crippen LogP contribution in [0.25, 0.3) is 0 Å². The molecule has 0 radical (unpaired) electrons. The van der Waals surface area contributed by atoms with Gasteiger partial charge < -0.3 is 10.0 Å². The number of likely N-dealkylation sites (N-methyl/N-ethyl adjacent to an activating group) is 1. The van der Waals surface area contributed by atoms with E-state index in [0.29, 0.717) is 0 Å². The number of carboxylic acids is 1. The van der Waals surface area contributed by atoms with Gasteiger partial charge in [-0.3, -0.25) is 14.5 Å². The molecule has 1 atom stereocenters. The third kappa shape index (κ3) is 2.04. The van der Waals surface area contributed by atoms with Gasteiger partial charge >= 0.3 is 5.97 Å². The van der Waals surface area contributed by atoms with Gasteiger partial charge in [-0.05, 0) is 13.8 Å². The largest absolute Gasteiger partial charge is 0.480 e. The van der Waals surface area contributed by atoms with Crippen molar-refractivity contribution in [1.82, 2.24) is 9.80 Å². The standard InChI is InChI=1S/C9H16N2O3/c1-6(2)11-5-8(12)10(3)4-7(11)9(13)14/h6-7H,4-5H2,1-3H3,(H,13,14). The second-order valence-electron chi connectivity index (χ2n) is 3.89. The van der Waals surface area contributed by atoms with E-state index in [1.165, 1.54) is 4.90 Å². The molecular formula is C9H16N2O3. The van der Waals surface area contributed by atoms with E-state index in [-0.39, 0.29) is 25.0 Å². The number of aliphatic carboxylic acids is 1. The van der Waals surface area contributed by atoms with Gasteiger partial charge in [0, 0.05) is 19.6 Å². The first kappa shape index (κ1) is 11.0. The average Bonchev–Trinajstić information content (AvgIpc) is 2.08. The lowest BCUT2D eigenvalue weighted by Crippen LogP contribution is -2.59. The van der Waals surface area contributed by atoms with Crippen molar-refractivity contribution < 1.29 is 14.7 Å². The molecule has 0 spiro atoms. The predicted molar refractivity (Wildman–Crippen MR) is 50.9 cm³/mol. The zero-order valence-corrected chi connectivity index (χ0v) is 8.73. The fourth-order valence-corrected chi connectivity index (χ4v) is 1.62. The Morgan fingerprint density at radius 2 is 2.14 bits per heavy atom. The maximum atomic E-state index is 11.4. The second-order valence-corrected chi connectivity index (χ2v) is 3.89. The van der Waals surface area contributed by atoms with Gasteiger partial charge in [-0.1, -0.05) is 0 Å². The van der Waals surface area contributed by atoms with Gasteiger partial charge in [0.15, 0.2) is 0 Å². The van der Waals surface area contributed by atoms with Crippen molar-refractivity contribution >= 4 is 11.9 Å². The number of amides is 1. The lowest BCUT2D eigenvalue weighted by Gasteiger charge is -2.39. The molecule has 1 fully saturated rings. The van der Waals surface area contributed by atoms with Crippen molar-refractivity contribution in [3.63, 3.8) is 0 Å². The quantitative estimate of drug-likeness (QED) is 0.660. The Morgan fingerprint density at radius 1 is 1.57 bits per heavy atom. The number of nitrogens with zero attached hydrogens (tertiary/aromatic N) is 2. The maximum absolute atomic E-state index is 11.4. The fourth-order valence-electron chi connectivity index (χ4n) is 1.62. The highest BCUT2D eigenvalue weighted by Gasteiger charge is 2.35. The lowest BCUT2D eigenvalue weighted by atomic mass is 10.1. The second kappa shape index (κ2) is 3.96. The van der Waals surface area contributed by atoms with Gasteiger partial charge in [0.25, 0.3) is 0 Å². The SMILES string of the molecule is CC(C)N1CC(=O)N(C)CC1C(=O)O. The van der Waals surface area contributed by atoms with Crippen LogP contribution in [-0.2, 0) is 9.59 Å². The number of piperazine rings is 1. The minimum absolute atomic E-state index is 0.0174. The molecule has 0 aromatic rings. The summed E-state index contributed by atoms with van der Waals surface area (Å²) in [5.74, 6) is -0.880. The first-order chi connectivity index (χ1) is 6.43. The minimum Gasteiger partial charge on any atom is -0.480 e. The number of carboxylic acid groups (broad SMARTS) is 1. The van der Waals surface area contributed by atoms with Gasteiger partial charge in [-0.2, -0.15) is 0 Å². The van der Waals surface area contributed by atoms with E-state index >= 15 is 0 Å². The molecule has 1 aliphatic rings. The number of rotatable bonds is 2. The van der Waals surface area contributed by atoms with Crippen LogP contribution >= 0.6 is 0 Å². The summed E-state index contributed by atoms with van der Waals surface area (Å²) in [7, 11) is 1.63. The normalized spacial score (nSPS) is 24.4. The molecular weight excluding hydrogens is 184 g/mol. The summed E-state index contributed by atoms with van der Waals surface area (Å²) in [6, 6.07) is -0.494. The molecule has 0 saturated carbocycles. The molecule has 1 heterocycles. The van der Waals surface area contributed by atoms with Crippen LogP contribution in [0, 0.1) is 0 Å². The highest BCUT2D eigenvalue weighted by Crippen LogP contribution is 2.13. The smallest absolute Gasteiger partial charge is 0.322 e. The molecule has 1 rings (SSSR count). The van der Waals surface area contributed by atoms with E-state index in [9.17, 15) is 9.59 Å². The molecule has 0 aromatic carbocycles. The summed E-state index contributed by atoms with van der Waals surface area (Å²) in [6.07, 6.45) is 0. The Morgan fingerprint density at radius 3 is 2.57 bits per heavy atom. The number of hydrogen-bond donors (Lipinski definition) is 1. The van der Waals surface area contributed by atoms with Crippen molar-refractivity contribution in [2.45, 2.75) is 25.9 Å². The fraction of sp³-hybridized carbons (Fsp3) is 0.778. The molecule has 0 aliphatic carbocycles. The summed E-state index contributed by atoms with van der Waals surface area (Å²) < 4.78 is 0.